The lowest BCUT2D eigenvalue weighted by Crippen LogP contribution is -2.24. The van der Waals surface area contributed by atoms with Crippen LogP contribution in [0.2, 0.25) is 0 Å². The summed E-state index contributed by atoms with van der Waals surface area (Å²) in [5.41, 5.74) is 4.99. The molecule has 0 aliphatic heterocycles. The lowest BCUT2D eigenvalue weighted by molar-refractivity contribution is -0.155. The van der Waals surface area contributed by atoms with Gasteiger partial charge in [0, 0.05) is 6.42 Å². The fraction of sp³-hybridized carbons (Fsp3) is 0.500. The molecule has 1 aromatic rings. The molecule has 1 rings (SSSR count). The van der Waals surface area contributed by atoms with E-state index < -0.39 is 11.4 Å². The summed E-state index contributed by atoms with van der Waals surface area (Å²) in [7, 11) is 0. The van der Waals surface area contributed by atoms with Gasteiger partial charge in [-0.1, -0.05) is 0 Å². The SMILES string of the molecule is CC(C)(C)OC(=O)CCCOc1c(Br)ccc(N)c1F. The molecule has 0 unspecified atom stereocenters. The molecule has 0 spiro atoms. The number of halogens is 2. The molecular formula is C14H19BrFNO3. The molecule has 0 aliphatic carbocycles. The minimum absolute atomic E-state index is 0.0235. The van der Waals surface area contributed by atoms with Crippen molar-refractivity contribution in [2.24, 2.45) is 0 Å². The minimum Gasteiger partial charge on any atom is -0.489 e. The Labute approximate surface area is 126 Å². The Hall–Kier alpha value is -1.30. The lowest BCUT2D eigenvalue weighted by atomic mass is 10.2. The number of hydrogen-bond acceptors (Lipinski definition) is 4. The van der Waals surface area contributed by atoms with Gasteiger partial charge < -0.3 is 15.2 Å². The average molecular weight is 348 g/mol. The summed E-state index contributed by atoms with van der Waals surface area (Å²) in [6.45, 7) is 5.63. The van der Waals surface area contributed by atoms with Crippen molar-refractivity contribution in [3.8, 4) is 5.75 Å². The van der Waals surface area contributed by atoms with Crippen LogP contribution >= 0.6 is 15.9 Å². The molecule has 0 saturated heterocycles. The molecule has 0 aliphatic rings. The highest BCUT2D eigenvalue weighted by molar-refractivity contribution is 9.10. The average Bonchev–Trinajstić information content (AvgIpc) is 2.31. The monoisotopic (exact) mass is 347 g/mol. The molecular weight excluding hydrogens is 329 g/mol. The second-order valence-corrected chi connectivity index (χ2v) is 6.17. The van der Waals surface area contributed by atoms with Crippen LogP contribution in [0.3, 0.4) is 0 Å². The van der Waals surface area contributed by atoms with E-state index in [1.165, 1.54) is 6.07 Å². The fourth-order valence-corrected chi connectivity index (χ4v) is 1.88. The molecule has 20 heavy (non-hydrogen) atoms. The first-order valence-corrected chi connectivity index (χ1v) is 7.08. The molecule has 2 N–H and O–H groups in total. The predicted octanol–water partition coefficient (Wildman–Crippen LogP) is 3.67. The van der Waals surface area contributed by atoms with Gasteiger partial charge in [0.25, 0.3) is 0 Å². The predicted molar refractivity (Wildman–Crippen MR) is 79.1 cm³/mol. The molecule has 0 bridgehead atoms. The van der Waals surface area contributed by atoms with Crippen molar-refractivity contribution in [2.75, 3.05) is 12.3 Å². The molecule has 0 aromatic heterocycles. The van der Waals surface area contributed by atoms with Crippen molar-refractivity contribution >= 4 is 27.6 Å². The topological polar surface area (TPSA) is 61.5 Å². The van der Waals surface area contributed by atoms with E-state index in [2.05, 4.69) is 15.9 Å². The number of nitrogen functional groups attached to an aromatic ring is 1. The third kappa shape index (κ3) is 5.36. The summed E-state index contributed by atoms with van der Waals surface area (Å²) in [5.74, 6) is -0.834. The number of ether oxygens (including phenoxy) is 2. The second kappa shape index (κ2) is 6.92. The van der Waals surface area contributed by atoms with E-state index in [1.807, 2.05) is 0 Å². The van der Waals surface area contributed by atoms with Crippen molar-refractivity contribution in [3.63, 3.8) is 0 Å². The summed E-state index contributed by atoms with van der Waals surface area (Å²) in [6.07, 6.45) is 0.661. The Morgan fingerprint density at radius 1 is 1.40 bits per heavy atom. The van der Waals surface area contributed by atoms with Crippen molar-refractivity contribution in [2.45, 2.75) is 39.2 Å². The van der Waals surface area contributed by atoms with E-state index in [0.29, 0.717) is 10.9 Å². The van der Waals surface area contributed by atoms with Crippen molar-refractivity contribution in [1.82, 2.24) is 0 Å². The van der Waals surface area contributed by atoms with Crippen LogP contribution in [0.4, 0.5) is 10.1 Å². The number of rotatable bonds is 5. The van der Waals surface area contributed by atoms with Crippen molar-refractivity contribution in [1.29, 1.82) is 0 Å². The fourth-order valence-electron chi connectivity index (χ4n) is 1.46. The Morgan fingerprint density at radius 3 is 2.65 bits per heavy atom. The van der Waals surface area contributed by atoms with Gasteiger partial charge in [0.05, 0.1) is 16.8 Å². The normalized spacial score (nSPS) is 11.2. The van der Waals surface area contributed by atoms with Crippen LogP contribution in [-0.4, -0.2) is 18.2 Å². The number of benzene rings is 1. The molecule has 0 fully saturated rings. The summed E-state index contributed by atoms with van der Waals surface area (Å²) in [5, 5.41) is 0. The summed E-state index contributed by atoms with van der Waals surface area (Å²) in [6, 6.07) is 3.06. The molecule has 112 valence electrons. The Morgan fingerprint density at radius 2 is 2.05 bits per heavy atom. The second-order valence-electron chi connectivity index (χ2n) is 5.32. The van der Waals surface area contributed by atoms with Crippen LogP contribution in [0.25, 0.3) is 0 Å². The molecule has 0 heterocycles. The van der Waals surface area contributed by atoms with Gasteiger partial charge in [-0.25, -0.2) is 4.39 Å². The molecule has 4 nitrogen and oxygen atoms in total. The molecule has 0 atom stereocenters. The first kappa shape index (κ1) is 16.8. The van der Waals surface area contributed by atoms with Crippen LogP contribution in [-0.2, 0) is 9.53 Å². The van der Waals surface area contributed by atoms with Gasteiger partial charge in [0.2, 0.25) is 0 Å². The van der Waals surface area contributed by atoms with Gasteiger partial charge >= 0.3 is 5.97 Å². The van der Waals surface area contributed by atoms with E-state index >= 15 is 0 Å². The van der Waals surface area contributed by atoms with Crippen molar-refractivity contribution < 1.29 is 18.7 Å². The highest BCUT2D eigenvalue weighted by Gasteiger charge is 2.16. The molecule has 0 radical (unpaired) electrons. The number of carbonyl (C=O) groups excluding carboxylic acids is 1. The van der Waals surface area contributed by atoms with E-state index in [1.54, 1.807) is 26.8 Å². The molecule has 6 heteroatoms. The van der Waals surface area contributed by atoms with Crippen LogP contribution in [0.15, 0.2) is 16.6 Å². The number of carbonyl (C=O) groups is 1. The Kier molecular flexibility index (Phi) is 5.80. The molecule has 0 saturated carbocycles. The standard InChI is InChI=1S/C14H19BrFNO3/c1-14(2,3)20-11(18)5-4-8-19-13-9(15)6-7-10(17)12(13)16/h6-7H,4-5,8,17H2,1-3H3. The number of hydrogen-bond donors (Lipinski definition) is 1. The van der Waals surface area contributed by atoms with E-state index in [9.17, 15) is 9.18 Å². The first-order chi connectivity index (χ1) is 9.20. The lowest BCUT2D eigenvalue weighted by Gasteiger charge is -2.19. The van der Waals surface area contributed by atoms with Gasteiger partial charge in [-0.2, -0.15) is 0 Å². The van der Waals surface area contributed by atoms with Gasteiger partial charge in [0.15, 0.2) is 11.6 Å². The molecule has 0 amide bonds. The first-order valence-electron chi connectivity index (χ1n) is 6.29. The van der Waals surface area contributed by atoms with Gasteiger partial charge in [-0.15, -0.1) is 0 Å². The van der Waals surface area contributed by atoms with E-state index in [4.69, 9.17) is 15.2 Å². The quantitative estimate of drug-likeness (QED) is 0.501. The van der Waals surface area contributed by atoms with E-state index in [-0.39, 0.29) is 30.4 Å². The maximum Gasteiger partial charge on any atom is 0.306 e. The number of esters is 1. The van der Waals surface area contributed by atoms with E-state index in [0.717, 1.165) is 0 Å². The van der Waals surface area contributed by atoms with Gasteiger partial charge in [-0.05, 0) is 55.3 Å². The number of nitrogens with two attached hydrogens (primary N) is 1. The zero-order valence-corrected chi connectivity index (χ0v) is 13.4. The largest absolute Gasteiger partial charge is 0.489 e. The summed E-state index contributed by atoms with van der Waals surface area (Å²) in [4.78, 5) is 11.5. The third-order valence-corrected chi connectivity index (χ3v) is 2.90. The van der Waals surface area contributed by atoms with Crippen LogP contribution < -0.4 is 10.5 Å². The maximum absolute atomic E-state index is 13.7. The van der Waals surface area contributed by atoms with Crippen molar-refractivity contribution in [3.05, 3.63) is 22.4 Å². The van der Waals surface area contributed by atoms with Crippen LogP contribution in [0.1, 0.15) is 33.6 Å². The molecule has 1 aromatic carbocycles. The summed E-state index contributed by atoms with van der Waals surface area (Å²) < 4.78 is 24.7. The van der Waals surface area contributed by atoms with Gasteiger partial charge in [-0.3, -0.25) is 4.79 Å². The smallest absolute Gasteiger partial charge is 0.306 e. The van der Waals surface area contributed by atoms with Crippen LogP contribution in [0, 0.1) is 5.82 Å². The Balaban J connectivity index is 2.43. The highest BCUT2D eigenvalue weighted by Crippen LogP contribution is 2.31. The summed E-state index contributed by atoms with van der Waals surface area (Å²) >= 11 is 3.19. The third-order valence-electron chi connectivity index (χ3n) is 2.27. The maximum atomic E-state index is 13.7. The Bertz CT molecular complexity index is 486. The highest BCUT2D eigenvalue weighted by atomic mass is 79.9. The number of anilines is 1. The zero-order valence-electron chi connectivity index (χ0n) is 11.8. The zero-order chi connectivity index (χ0) is 15.3. The van der Waals surface area contributed by atoms with Gasteiger partial charge in [0.1, 0.15) is 5.60 Å². The minimum atomic E-state index is -0.600. The van der Waals surface area contributed by atoms with Crippen LogP contribution in [0.5, 0.6) is 5.75 Å².